The Morgan fingerprint density at radius 3 is 2.50 bits per heavy atom. The van der Waals surface area contributed by atoms with Gasteiger partial charge < -0.3 is 5.11 Å². The van der Waals surface area contributed by atoms with Gasteiger partial charge in [0.15, 0.2) is 0 Å². The fraction of sp³-hybridized carbons (Fsp3) is 0.800. The van der Waals surface area contributed by atoms with Crippen molar-refractivity contribution in [2.24, 2.45) is 0 Å². The zero-order chi connectivity index (χ0) is 14.9. The number of nitrogens with zero attached hydrogens (tertiary/aromatic N) is 3. The van der Waals surface area contributed by atoms with Gasteiger partial charge in [0.1, 0.15) is 6.10 Å². The molecule has 0 bridgehead atoms. The summed E-state index contributed by atoms with van der Waals surface area (Å²) in [6.07, 6.45) is 4.63. The molecule has 0 aromatic carbocycles. The third-order valence-electron chi connectivity index (χ3n) is 4.67. The maximum absolute atomic E-state index is 11.1. The van der Waals surface area contributed by atoms with Crippen molar-refractivity contribution in [3.63, 3.8) is 0 Å². The van der Waals surface area contributed by atoms with E-state index < -0.39 is 6.10 Å². The quantitative estimate of drug-likeness (QED) is 0.889. The number of hydrogen-bond donors (Lipinski definition) is 1. The average molecular weight is 344 g/mol. The molecule has 0 aliphatic carbocycles. The second-order valence-corrected chi connectivity index (χ2v) is 7.08. The molecule has 2 atom stereocenters. The minimum absolute atomic E-state index is 0.230. The van der Waals surface area contributed by atoms with Crippen LogP contribution in [0.3, 0.4) is 0 Å². The molecule has 1 fully saturated rings. The molecule has 5 heteroatoms. The van der Waals surface area contributed by atoms with Crippen LogP contribution in [-0.4, -0.2) is 38.4 Å². The van der Waals surface area contributed by atoms with E-state index >= 15 is 0 Å². The number of halogens is 1. The first kappa shape index (κ1) is 16.0. The summed E-state index contributed by atoms with van der Waals surface area (Å²) in [6, 6.07) is 0.241. The van der Waals surface area contributed by atoms with E-state index in [9.17, 15) is 5.11 Å². The summed E-state index contributed by atoms with van der Waals surface area (Å²) in [5, 5.41) is 15.5. The summed E-state index contributed by atoms with van der Waals surface area (Å²) in [6.45, 7) is 10.7. The number of aromatic nitrogens is 2. The lowest BCUT2D eigenvalue weighted by Crippen LogP contribution is -2.49. The van der Waals surface area contributed by atoms with Crippen LogP contribution in [0.15, 0.2) is 10.7 Å². The van der Waals surface area contributed by atoms with Gasteiger partial charge in [-0.05, 0) is 69.1 Å². The molecule has 1 N–H and O–H groups in total. The number of aliphatic hydroxyl groups is 1. The van der Waals surface area contributed by atoms with Crippen LogP contribution in [-0.2, 0) is 0 Å². The van der Waals surface area contributed by atoms with Crippen LogP contribution in [0.1, 0.15) is 64.8 Å². The van der Waals surface area contributed by atoms with Gasteiger partial charge in [0.25, 0.3) is 0 Å². The van der Waals surface area contributed by atoms with Crippen molar-refractivity contribution in [2.75, 3.05) is 13.1 Å². The summed E-state index contributed by atoms with van der Waals surface area (Å²) in [5.74, 6) is 0. The van der Waals surface area contributed by atoms with Crippen LogP contribution in [0.5, 0.6) is 0 Å². The van der Waals surface area contributed by atoms with Crippen LogP contribution in [0.2, 0.25) is 0 Å². The Bertz CT molecular complexity index is 454. The van der Waals surface area contributed by atoms with Gasteiger partial charge in [0, 0.05) is 11.6 Å². The van der Waals surface area contributed by atoms with Crippen molar-refractivity contribution in [1.29, 1.82) is 0 Å². The molecule has 20 heavy (non-hydrogen) atoms. The Morgan fingerprint density at radius 1 is 1.40 bits per heavy atom. The second kappa shape index (κ2) is 6.16. The van der Waals surface area contributed by atoms with Crippen molar-refractivity contribution in [3.8, 4) is 0 Å². The summed E-state index contributed by atoms with van der Waals surface area (Å²) in [7, 11) is 0. The van der Waals surface area contributed by atoms with Crippen LogP contribution in [0, 0.1) is 0 Å². The zero-order valence-electron chi connectivity index (χ0n) is 12.9. The summed E-state index contributed by atoms with van der Waals surface area (Å²) in [5.41, 5.74) is 0.669. The number of hydrogen-bond acceptors (Lipinski definition) is 3. The third-order valence-corrected chi connectivity index (χ3v) is 5.28. The summed E-state index contributed by atoms with van der Waals surface area (Å²) in [4.78, 5) is 2.43. The Kier molecular flexibility index (Phi) is 4.92. The highest BCUT2D eigenvalue weighted by atomic mass is 79.9. The molecule has 1 aromatic rings. The largest absolute Gasteiger partial charge is 0.385 e. The molecule has 0 spiro atoms. The third kappa shape index (κ3) is 2.68. The summed E-state index contributed by atoms with van der Waals surface area (Å²) < 4.78 is 2.83. The van der Waals surface area contributed by atoms with Crippen LogP contribution >= 0.6 is 15.9 Å². The van der Waals surface area contributed by atoms with Gasteiger partial charge in [-0.1, -0.05) is 6.92 Å². The Balaban J connectivity index is 2.37. The summed E-state index contributed by atoms with van der Waals surface area (Å²) >= 11 is 3.55. The maximum atomic E-state index is 11.1. The van der Waals surface area contributed by atoms with Gasteiger partial charge in [-0.25, -0.2) is 0 Å². The molecule has 1 aliphatic rings. The van der Waals surface area contributed by atoms with E-state index in [1.165, 1.54) is 12.8 Å². The Labute approximate surface area is 130 Å². The van der Waals surface area contributed by atoms with E-state index in [1.807, 2.05) is 4.68 Å². The molecule has 1 aromatic heterocycles. The van der Waals surface area contributed by atoms with Crippen molar-refractivity contribution < 1.29 is 5.11 Å². The molecule has 2 unspecified atom stereocenters. The van der Waals surface area contributed by atoms with E-state index in [-0.39, 0.29) is 11.6 Å². The molecular formula is C15H26BrN3O. The lowest BCUT2D eigenvalue weighted by Gasteiger charge is -2.42. The van der Waals surface area contributed by atoms with Gasteiger partial charge in [0.2, 0.25) is 0 Å². The topological polar surface area (TPSA) is 41.3 Å². The van der Waals surface area contributed by atoms with E-state index in [0.29, 0.717) is 0 Å². The van der Waals surface area contributed by atoms with Crippen LogP contribution < -0.4 is 0 Å². The molecular weight excluding hydrogens is 318 g/mol. The standard InChI is InChI=1S/C15H26BrN3O/c1-5-15(4,18-8-6-7-9-18)14(20)13-12(16)10-17-19(13)11(2)3/h10-11,14,20H,5-9H2,1-4H3. The second-order valence-electron chi connectivity index (χ2n) is 6.22. The smallest absolute Gasteiger partial charge is 0.115 e. The van der Waals surface area contributed by atoms with Crippen molar-refractivity contribution in [3.05, 3.63) is 16.4 Å². The number of rotatable bonds is 5. The molecule has 2 rings (SSSR count). The fourth-order valence-electron chi connectivity index (χ4n) is 3.13. The predicted molar refractivity (Wildman–Crippen MR) is 84.8 cm³/mol. The van der Waals surface area contributed by atoms with Crippen LogP contribution in [0.25, 0.3) is 0 Å². The minimum atomic E-state index is -0.537. The molecule has 2 heterocycles. The van der Waals surface area contributed by atoms with E-state index in [1.54, 1.807) is 6.20 Å². The van der Waals surface area contributed by atoms with Crippen LogP contribution in [0.4, 0.5) is 0 Å². The van der Waals surface area contributed by atoms with Gasteiger partial charge in [-0.15, -0.1) is 0 Å². The molecule has 1 saturated heterocycles. The monoisotopic (exact) mass is 343 g/mol. The normalized spacial score (nSPS) is 21.4. The van der Waals surface area contributed by atoms with E-state index in [2.05, 4.69) is 53.6 Å². The van der Waals surface area contributed by atoms with Gasteiger partial charge in [0.05, 0.1) is 16.4 Å². The first-order valence-corrected chi connectivity index (χ1v) is 8.37. The fourth-order valence-corrected chi connectivity index (χ4v) is 3.62. The molecule has 1 aliphatic heterocycles. The van der Waals surface area contributed by atoms with E-state index in [4.69, 9.17) is 0 Å². The molecule has 114 valence electrons. The van der Waals surface area contributed by atoms with Crippen molar-refractivity contribution in [2.45, 2.75) is 64.6 Å². The Morgan fingerprint density at radius 2 is 2.00 bits per heavy atom. The lowest BCUT2D eigenvalue weighted by molar-refractivity contribution is -0.0197. The molecule has 0 radical (unpaired) electrons. The predicted octanol–water partition coefficient (Wildman–Crippen LogP) is 3.52. The first-order chi connectivity index (χ1) is 9.41. The zero-order valence-corrected chi connectivity index (χ0v) is 14.5. The van der Waals surface area contributed by atoms with Gasteiger partial charge >= 0.3 is 0 Å². The van der Waals surface area contributed by atoms with Crippen molar-refractivity contribution in [1.82, 2.24) is 14.7 Å². The highest BCUT2D eigenvalue weighted by Crippen LogP contribution is 2.39. The van der Waals surface area contributed by atoms with Crippen molar-refractivity contribution >= 4 is 15.9 Å². The SMILES string of the molecule is CCC(C)(C(O)c1c(Br)cnn1C(C)C)N1CCCC1. The Hall–Kier alpha value is -0.390. The highest BCUT2D eigenvalue weighted by molar-refractivity contribution is 9.10. The molecule has 4 nitrogen and oxygen atoms in total. The number of likely N-dealkylation sites (tertiary alicyclic amines) is 1. The first-order valence-electron chi connectivity index (χ1n) is 7.57. The molecule has 0 amide bonds. The average Bonchev–Trinajstić information content (AvgIpc) is 3.06. The maximum Gasteiger partial charge on any atom is 0.115 e. The van der Waals surface area contributed by atoms with E-state index in [0.717, 1.165) is 29.7 Å². The molecule has 0 saturated carbocycles. The number of aliphatic hydroxyl groups excluding tert-OH is 1. The minimum Gasteiger partial charge on any atom is -0.385 e. The lowest BCUT2D eigenvalue weighted by atomic mass is 9.87. The van der Waals surface area contributed by atoms with Gasteiger partial charge in [-0.3, -0.25) is 9.58 Å². The van der Waals surface area contributed by atoms with Gasteiger partial charge in [-0.2, -0.15) is 5.10 Å². The highest BCUT2D eigenvalue weighted by Gasteiger charge is 2.41.